The van der Waals surface area contributed by atoms with Crippen molar-refractivity contribution in [1.82, 2.24) is 9.80 Å². The van der Waals surface area contributed by atoms with Gasteiger partial charge in [0.2, 0.25) is 5.91 Å². The number of carbonyl (C=O) groups excluding carboxylic acids is 2. The molecule has 1 unspecified atom stereocenters. The molecule has 2 amide bonds. The lowest BCUT2D eigenvalue weighted by atomic mass is 10.00. The lowest BCUT2D eigenvalue weighted by Gasteiger charge is -2.37. The minimum atomic E-state index is -0.226. The van der Waals surface area contributed by atoms with Crippen LogP contribution in [-0.2, 0) is 11.2 Å². The highest BCUT2D eigenvalue weighted by molar-refractivity contribution is 7.10. The van der Waals surface area contributed by atoms with E-state index in [1.165, 1.54) is 4.88 Å². The second kappa shape index (κ2) is 12.1. The number of para-hydroxylation sites is 2. The third kappa shape index (κ3) is 6.08. The van der Waals surface area contributed by atoms with Crippen LogP contribution in [0.25, 0.3) is 0 Å². The molecule has 0 N–H and O–H groups in total. The van der Waals surface area contributed by atoms with Gasteiger partial charge in [-0.2, -0.15) is 0 Å². The maximum Gasteiger partial charge on any atom is 0.254 e. The van der Waals surface area contributed by atoms with E-state index in [0.29, 0.717) is 42.7 Å². The molecule has 7 heteroatoms. The van der Waals surface area contributed by atoms with E-state index in [9.17, 15) is 9.59 Å². The lowest BCUT2D eigenvalue weighted by Crippen LogP contribution is -2.48. The lowest BCUT2D eigenvalue weighted by molar-refractivity contribution is -0.135. The van der Waals surface area contributed by atoms with Crippen LogP contribution in [-0.4, -0.2) is 55.0 Å². The van der Waals surface area contributed by atoms with Gasteiger partial charge in [0.25, 0.3) is 5.91 Å². The Hall–Kier alpha value is -3.32. The van der Waals surface area contributed by atoms with E-state index in [0.717, 1.165) is 18.4 Å². The molecule has 4 rings (SSSR count). The maximum absolute atomic E-state index is 13.7. The average molecular weight is 507 g/mol. The topological polar surface area (TPSA) is 59.1 Å². The maximum atomic E-state index is 13.7. The predicted molar refractivity (Wildman–Crippen MR) is 143 cm³/mol. The van der Waals surface area contributed by atoms with Crippen LogP contribution in [0.15, 0.2) is 66.0 Å². The van der Waals surface area contributed by atoms with Crippen LogP contribution in [0.4, 0.5) is 0 Å². The SMILES string of the molecule is COc1ccccc1OCC1c2ccsc2CCN1C(=O)CN(CCC(C)C)C(=O)c1ccccc1. The monoisotopic (exact) mass is 506 g/mol. The van der Waals surface area contributed by atoms with Crippen molar-refractivity contribution in [2.24, 2.45) is 5.92 Å². The minimum absolute atomic E-state index is 0.0467. The van der Waals surface area contributed by atoms with Gasteiger partial charge < -0.3 is 19.3 Å². The number of rotatable bonds is 10. The van der Waals surface area contributed by atoms with Gasteiger partial charge in [-0.15, -0.1) is 11.3 Å². The molecular weight excluding hydrogens is 472 g/mol. The molecule has 1 aliphatic rings. The van der Waals surface area contributed by atoms with E-state index in [4.69, 9.17) is 9.47 Å². The Labute approximate surface area is 217 Å². The normalized spacial score (nSPS) is 14.9. The quantitative estimate of drug-likeness (QED) is 0.367. The van der Waals surface area contributed by atoms with Gasteiger partial charge in [0, 0.05) is 23.5 Å². The van der Waals surface area contributed by atoms with Crippen LogP contribution in [0.1, 0.15) is 47.1 Å². The van der Waals surface area contributed by atoms with Crippen molar-refractivity contribution in [1.29, 1.82) is 0 Å². The Morgan fingerprint density at radius 3 is 2.50 bits per heavy atom. The minimum Gasteiger partial charge on any atom is -0.493 e. The fourth-order valence-electron chi connectivity index (χ4n) is 4.47. The van der Waals surface area contributed by atoms with Gasteiger partial charge in [-0.25, -0.2) is 0 Å². The Kier molecular flexibility index (Phi) is 8.65. The third-order valence-corrected chi connectivity index (χ3v) is 7.49. The van der Waals surface area contributed by atoms with E-state index in [1.54, 1.807) is 35.5 Å². The van der Waals surface area contributed by atoms with Crippen LogP contribution in [0.3, 0.4) is 0 Å². The van der Waals surface area contributed by atoms with Crippen molar-refractivity contribution in [3.05, 3.63) is 82.0 Å². The van der Waals surface area contributed by atoms with Crippen molar-refractivity contribution in [2.75, 3.05) is 33.4 Å². The smallest absolute Gasteiger partial charge is 0.254 e. The summed E-state index contributed by atoms with van der Waals surface area (Å²) in [5.41, 5.74) is 1.72. The highest BCUT2D eigenvalue weighted by Gasteiger charge is 2.33. The molecule has 0 saturated carbocycles. The van der Waals surface area contributed by atoms with Crippen LogP contribution in [0.5, 0.6) is 11.5 Å². The number of fused-ring (bicyclic) bond motifs is 1. The summed E-state index contributed by atoms with van der Waals surface area (Å²) in [6.45, 7) is 5.75. The number of hydrogen-bond acceptors (Lipinski definition) is 5. The molecule has 0 radical (unpaired) electrons. The largest absolute Gasteiger partial charge is 0.493 e. The van der Waals surface area contributed by atoms with Gasteiger partial charge in [-0.3, -0.25) is 9.59 Å². The number of benzene rings is 2. The fraction of sp³-hybridized carbons (Fsp3) is 0.379. The Bertz CT molecular complexity index is 1160. The summed E-state index contributed by atoms with van der Waals surface area (Å²) >= 11 is 1.72. The number of ether oxygens (including phenoxy) is 2. The Morgan fingerprint density at radius 2 is 1.78 bits per heavy atom. The second-order valence-electron chi connectivity index (χ2n) is 9.39. The molecule has 0 spiro atoms. The van der Waals surface area contributed by atoms with E-state index in [1.807, 2.05) is 47.4 Å². The zero-order valence-corrected chi connectivity index (χ0v) is 22.0. The van der Waals surface area contributed by atoms with Crippen molar-refractivity contribution < 1.29 is 19.1 Å². The first-order chi connectivity index (χ1) is 17.5. The highest BCUT2D eigenvalue weighted by Crippen LogP contribution is 2.35. The van der Waals surface area contributed by atoms with E-state index in [-0.39, 0.29) is 24.4 Å². The standard InChI is InChI=1S/C29H34N2O4S/c1-21(2)13-16-30(29(33)22-9-5-4-6-10-22)19-28(32)31-17-14-27-23(15-18-36-27)24(31)20-35-26-12-8-7-11-25(26)34-3/h4-12,15,18,21,24H,13-14,16-17,19-20H2,1-3H3. The number of hydrogen-bond donors (Lipinski definition) is 0. The number of nitrogens with zero attached hydrogens (tertiary/aromatic N) is 2. The molecular formula is C29H34N2O4S. The molecule has 0 bridgehead atoms. The molecule has 6 nitrogen and oxygen atoms in total. The Balaban J connectivity index is 1.54. The summed E-state index contributed by atoms with van der Waals surface area (Å²) in [5, 5.41) is 2.07. The molecule has 1 aliphatic heterocycles. The highest BCUT2D eigenvalue weighted by atomic mass is 32.1. The van der Waals surface area contributed by atoms with Gasteiger partial charge in [-0.05, 0) is 60.0 Å². The molecule has 2 aromatic carbocycles. The number of amides is 2. The molecule has 0 saturated heterocycles. The van der Waals surface area contributed by atoms with Gasteiger partial charge in [0.05, 0.1) is 13.2 Å². The van der Waals surface area contributed by atoms with Gasteiger partial charge in [0.15, 0.2) is 11.5 Å². The number of thiophene rings is 1. The fourth-order valence-corrected chi connectivity index (χ4v) is 5.39. The van der Waals surface area contributed by atoms with Crippen LogP contribution < -0.4 is 9.47 Å². The first kappa shape index (κ1) is 25.8. The van der Waals surface area contributed by atoms with Gasteiger partial charge >= 0.3 is 0 Å². The molecule has 0 fully saturated rings. The molecule has 190 valence electrons. The van der Waals surface area contributed by atoms with E-state index < -0.39 is 0 Å². The van der Waals surface area contributed by atoms with Crippen LogP contribution in [0, 0.1) is 5.92 Å². The van der Waals surface area contributed by atoms with Crippen molar-refractivity contribution in [3.8, 4) is 11.5 Å². The second-order valence-corrected chi connectivity index (χ2v) is 10.4. The summed E-state index contributed by atoms with van der Waals surface area (Å²) < 4.78 is 11.6. The van der Waals surface area contributed by atoms with Gasteiger partial charge in [0.1, 0.15) is 13.2 Å². The molecule has 2 heterocycles. The number of carbonyl (C=O) groups is 2. The van der Waals surface area contributed by atoms with Crippen LogP contribution >= 0.6 is 11.3 Å². The summed E-state index contributed by atoms with van der Waals surface area (Å²) in [6.07, 6.45) is 1.64. The zero-order chi connectivity index (χ0) is 25.5. The first-order valence-corrected chi connectivity index (χ1v) is 13.3. The molecule has 1 aromatic heterocycles. The average Bonchev–Trinajstić information content (AvgIpc) is 3.39. The molecule has 3 aromatic rings. The summed E-state index contributed by atoms with van der Waals surface area (Å²) in [7, 11) is 1.62. The molecule has 0 aliphatic carbocycles. The van der Waals surface area contributed by atoms with E-state index >= 15 is 0 Å². The predicted octanol–water partition coefficient (Wildman–Crippen LogP) is 5.45. The van der Waals surface area contributed by atoms with Crippen molar-refractivity contribution in [2.45, 2.75) is 32.7 Å². The van der Waals surface area contributed by atoms with Gasteiger partial charge in [-0.1, -0.05) is 44.2 Å². The van der Waals surface area contributed by atoms with Crippen LogP contribution in [0.2, 0.25) is 0 Å². The zero-order valence-electron chi connectivity index (χ0n) is 21.2. The van der Waals surface area contributed by atoms with Crippen molar-refractivity contribution in [3.63, 3.8) is 0 Å². The summed E-state index contributed by atoms with van der Waals surface area (Å²) in [4.78, 5) is 31.9. The Morgan fingerprint density at radius 1 is 1.06 bits per heavy atom. The molecule has 36 heavy (non-hydrogen) atoms. The summed E-state index contributed by atoms with van der Waals surface area (Å²) in [5.74, 6) is 1.56. The number of methoxy groups -OCH3 is 1. The van der Waals surface area contributed by atoms with Crippen molar-refractivity contribution >= 4 is 23.2 Å². The molecule has 1 atom stereocenters. The van der Waals surface area contributed by atoms with E-state index in [2.05, 4.69) is 25.3 Å². The first-order valence-electron chi connectivity index (χ1n) is 12.4. The summed E-state index contributed by atoms with van der Waals surface area (Å²) in [6, 6.07) is 18.6. The third-order valence-electron chi connectivity index (χ3n) is 6.49.